The summed E-state index contributed by atoms with van der Waals surface area (Å²) in [6.07, 6.45) is 1.47. The van der Waals surface area contributed by atoms with E-state index >= 15 is 0 Å². The number of hydrogen-bond donors (Lipinski definition) is 2. The van der Waals surface area contributed by atoms with Crippen molar-refractivity contribution < 1.29 is 9.13 Å². The van der Waals surface area contributed by atoms with E-state index in [1.165, 1.54) is 12.3 Å². The highest BCUT2D eigenvalue weighted by molar-refractivity contribution is 6.32. The smallest absolute Gasteiger partial charge is 0.224 e. The zero-order chi connectivity index (χ0) is 14.5. The molecule has 0 atom stereocenters. The van der Waals surface area contributed by atoms with Gasteiger partial charge in [-0.1, -0.05) is 11.6 Å². The van der Waals surface area contributed by atoms with E-state index in [0.717, 1.165) is 0 Å². The van der Waals surface area contributed by atoms with Gasteiger partial charge in [0.1, 0.15) is 5.02 Å². The molecule has 1 aromatic heterocycles. The standard InChI is InChI=1S/C13H14ClFN4O/c1-3-20-11-5-4-8(6-10(11)15)18-12-9(14)7-17-13(16-2)19-12/h4-7H,3H2,1-2H3,(H2,16,17,18,19). The Labute approximate surface area is 121 Å². The predicted molar refractivity (Wildman–Crippen MR) is 77.4 cm³/mol. The van der Waals surface area contributed by atoms with Crippen molar-refractivity contribution in [1.29, 1.82) is 0 Å². The van der Waals surface area contributed by atoms with Gasteiger partial charge >= 0.3 is 0 Å². The molecule has 1 heterocycles. The third-order valence-corrected chi connectivity index (χ3v) is 2.74. The Hall–Kier alpha value is -2.08. The number of anilines is 3. The maximum Gasteiger partial charge on any atom is 0.224 e. The van der Waals surface area contributed by atoms with E-state index in [2.05, 4.69) is 20.6 Å². The fourth-order valence-electron chi connectivity index (χ4n) is 1.56. The van der Waals surface area contributed by atoms with E-state index in [-0.39, 0.29) is 5.75 Å². The number of ether oxygens (including phenoxy) is 1. The molecule has 7 heteroatoms. The predicted octanol–water partition coefficient (Wildman–Crippen LogP) is 3.45. The van der Waals surface area contributed by atoms with Crippen molar-refractivity contribution in [2.24, 2.45) is 0 Å². The first-order valence-corrected chi connectivity index (χ1v) is 6.41. The summed E-state index contributed by atoms with van der Waals surface area (Å²) in [7, 11) is 1.70. The molecule has 0 spiro atoms. The van der Waals surface area contributed by atoms with Crippen molar-refractivity contribution in [3.63, 3.8) is 0 Å². The number of nitrogens with zero attached hydrogens (tertiary/aromatic N) is 2. The summed E-state index contributed by atoms with van der Waals surface area (Å²) < 4.78 is 18.9. The van der Waals surface area contributed by atoms with Gasteiger partial charge in [-0.05, 0) is 19.1 Å². The van der Waals surface area contributed by atoms with Gasteiger partial charge in [0.05, 0.1) is 12.8 Å². The Kier molecular flexibility index (Phi) is 4.57. The zero-order valence-corrected chi connectivity index (χ0v) is 11.8. The van der Waals surface area contributed by atoms with E-state index in [4.69, 9.17) is 16.3 Å². The fourth-order valence-corrected chi connectivity index (χ4v) is 1.70. The number of halogens is 2. The summed E-state index contributed by atoms with van der Waals surface area (Å²) in [5.74, 6) is 0.580. The highest BCUT2D eigenvalue weighted by atomic mass is 35.5. The van der Waals surface area contributed by atoms with E-state index in [9.17, 15) is 4.39 Å². The topological polar surface area (TPSA) is 59.1 Å². The Morgan fingerprint density at radius 1 is 1.40 bits per heavy atom. The Balaban J connectivity index is 2.23. The fraction of sp³-hybridized carbons (Fsp3) is 0.231. The first kappa shape index (κ1) is 14.3. The van der Waals surface area contributed by atoms with Crippen molar-refractivity contribution in [1.82, 2.24) is 9.97 Å². The van der Waals surface area contributed by atoms with Crippen molar-refractivity contribution in [3.8, 4) is 5.75 Å². The van der Waals surface area contributed by atoms with Crippen LogP contribution in [0.3, 0.4) is 0 Å². The first-order valence-electron chi connectivity index (χ1n) is 6.03. The highest BCUT2D eigenvalue weighted by Crippen LogP contribution is 2.26. The van der Waals surface area contributed by atoms with Gasteiger partial charge in [0.25, 0.3) is 0 Å². The lowest BCUT2D eigenvalue weighted by Crippen LogP contribution is -2.01. The molecule has 0 aliphatic carbocycles. The number of hydrogen-bond acceptors (Lipinski definition) is 5. The van der Waals surface area contributed by atoms with Gasteiger partial charge in [0.15, 0.2) is 17.4 Å². The molecule has 0 radical (unpaired) electrons. The van der Waals surface area contributed by atoms with Crippen LogP contribution in [-0.4, -0.2) is 23.6 Å². The van der Waals surface area contributed by atoms with Crippen LogP contribution in [0.5, 0.6) is 5.75 Å². The molecule has 2 aromatic rings. The van der Waals surface area contributed by atoms with E-state index < -0.39 is 5.82 Å². The minimum atomic E-state index is -0.448. The van der Waals surface area contributed by atoms with Crippen LogP contribution < -0.4 is 15.4 Å². The number of benzene rings is 1. The van der Waals surface area contributed by atoms with Crippen LogP contribution in [0.2, 0.25) is 5.02 Å². The Morgan fingerprint density at radius 2 is 2.20 bits per heavy atom. The molecule has 0 aliphatic heterocycles. The molecule has 0 amide bonds. The molecule has 0 fully saturated rings. The SMILES string of the molecule is CCOc1ccc(Nc2nc(NC)ncc2Cl)cc1F. The minimum absolute atomic E-state index is 0.211. The van der Waals surface area contributed by atoms with E-state index in [1.54, 1.807) is 26.1 Å². The summed E-state index contributed by atoms with van der Waals surface area (Å²) in [5.41, 5.74) is 0.522. The Morgan fingerprint density at radius 3 is 2.85 bits per heavy atom. The summed E-state index contributed by atoms with van der Waals surface area (Å²) >= 11 is 5.99. The lowest BCUT2D eigenvalue weighted by atomic mass is 10.3. The lowest BCUT2D eigenvalue weighted by Gasteiger charge is -2.10. The van der Waals surface area contributed by atoms with Crippen LogP contribution in [0.25, 0.3) is 0 Å². The molecular weight excluding hydrogens is 283 g/mol. The molecule has 0 bridgehead atoms. The minimum Gasteiger partial charge on any atom is -0.491 e. The summed E-state index contributed by atoms with van der Waals surface area (Å²) in [6, 6.07) is 4.56. The first-order chi connectivity index (χ1) is 9.63. The average Bonchev–Trinajstić information content (AvgIpc) is 2.44. The molecular formula is C13H14ClFN4O. The van der Waals surface area contributed by atoms with Crippen LogP contribution in [0, 0.1) is 5.82 Å². The maximum absolute atomic E-state index is 13.7. The molecule has 5 nitrogen and oxygen atoms in total. The Bertz CT molecular complexity index is 609. The molecule has 1 aromatic carbocycles. The van der Waals surface area contributed by atoms with E-state index in [0.29, 0.717) is 29.1 Å². The van der Waals surface area contributed by atoms with Crippen LogP contribution >= 0.6 is 11.6 Å². The van der Waals surface area contributed by atoms with Gasteiger partial charge in [-0.3, -0.25) is 0 Å². The quantitative estimate of drug-likeness (QED) is 0.885. The second-order valence-corrected chi connectivity index (χ2v) is 4.25. The highest BCUT2D eigenvalue weighted by Gasteiger charge is 2.08. The number of aromatic nitrogens is 2. The van der Waals surface area contributed by atoms with Crippen LogP contribution in [0.4, 0.5) is 21.8 Å². The monoisotopic (exact) mass is 296 g/mol. The van der Waals surface area contributed by atoms with Gasteiger partial charge < -0.3 is 15.4 Å². The maximum atomic E-state index is 13.7. The van der Waals surface area contributed by atoms with Crippen molar-refractivity contribution in [2.75, 3.05) is 24.3 Å². The largest absolute Gasteiger partial charge is 0.491 e. The second-order valence-electron chi connectivity index (χ2n) is 3.84. The second kappa shape index (κ2) is 6.38. The third-order valence-electron chi connectivity index (χ3n) is 2.46. The molecule has 0 saturated heterocycles. The molecule has 0 unspecified atom stereocenters. The summed E-state index contributed by atoms with van der Waals surface area (Å²) in [6.45, 7) is 2.21. The van der Waals surface area contributed by atoms with E-state index in [1.807, 2.05) is 0 Å². The summed E-state index contributed by atoms with van der Waals surface area (Å²) in [5, 5.41) is 6.09. The lowest BCUT2D eigenvalue weighted by molar-refractivity contribution is 0.321. The van der Waals surface area contributed by atoms with Gasteiger partial charge in [0.2, 0.25) is 5.95 Å². The molecule has 106 valence electrons. The number of nitrogens with one attached hydrogen (secondary N) is 2. The molecule has 2 N–H and O–H groups in total. The number of rotatable bonds is 5. The molecule has 20 heavy (non-hydrogen) atoms. The normalized spacial score (nSPS) is 10.2. The van der Waals surface area contributed by atoms with Crippen molar-refractivity contribution in [3.05, 3.63) is 35.2 Å². The summed E-state index contributed by atoms with van der Waals surface area (Å²) in [4.78, 5) is 8.12. The van der Waals surface area contributed by atoms with Crippen molar-refractivity contribution >= 4 is 29.1 Å². The van der Waals surface area contributed by atoms with Crippen LogP contribution in [0.1, 0.15) is 6.92 Å². The molecule has 0 saturated carbocycles. The molecule has 0 aliphatic rings. The average molecular weight is 297 g/mol. The van der Waals surface area contributed by atoms with Gasteiger partial charge in [0, 0.05) is 18.8 Å². The van der Waals surface area contributed by atoms with Crippen LogP contribution in [0.15, 0.2) is 24.4 Å². The molecule has 2 rings (SSSR count). The van der Waals surface area contributed by atoms with Gasteiger partial charge in [-0.25, -0.2) is 9.37 Å². The third kappa shape index (κ3) is 3.27. The van der Waals surface area contributed by atoms with Gasteiger partial charge in [-0.15, -0.1) is 0 Å². The van der Waals surface area contributed by atoms with Crippen molar-refractivity contribution in [2.45, 2.75) is 6.92 Å². The van der Waals surface area contributed by atoms with Gasteiger partial charge in [-0.2, -0.15) is 4.98 Å². The zero-order valence-electron chi connectivity index (χ0n) is 11.1. The van der Waals surface area contributed by atoms with Crippen LogP contribution in [-0.2, 0) is 0 Å².